The Hall–Kier alpha value is -0.0800. The molecule has 2 fully saturated rings. The van der Waals surface area contributed by atoms with Crippen LogP contribution < -0.4 is 5.73 Å². The van der Waals surface area contributed by atoms with Gasteiger partial charge in [-0.25, -0.2) is 0 Å². The topological polar surface area (TPSA) is 29.3 Å². The predicted molar refractivity (Wildman–Crippen MR) is 64.9 cm³/mol. The Balaban J connectivity index is 1.90. The number of nitrogens with zero attached hydrogens (tertiary/aromatic N) is 1. The molecule has 0 aromatic rings. The van der Waals surface area contributed by atoms with Crippen LogP contribution in [-0.4, -0.2) is 29.6 Å². The molecular weight excluding hydrogens is 184 g/mol. The van der Waals surface area contributed by atoms with Gasteiger partial charge in [-0.2, -0.15) is 0 Å². The normalized spacial score (nSPS) is 39.2. The Labute approximate surface area is 94.2 Å². The summed E-state index contributed by atoms with van der Waals surface area (Å²) in [5.41, 5.74) is 5.98. The molecule has 2 rings (SSSR count). The number of piperidine rings is 1. The van der Waals surface area contributed by atoms with Crippen LogP contribution in [0.3, 0.4) is 0 Å². The zero-order valence-corrected chi connectivity index (χ0v) is 10.1. The summed E-state index contributed by atoms with van der Waals surface area (Å²) in [5, 5.41) is 0. The van der Waals surface area contributed by atoms with Gasteiger partial charge in [-0.15, -0.1) is 0 Å². The van der Waals surface area contributed by atoms with Crippen molar-refractivity contribution in [2.75, 3.05) is 6.54 Å². The number of nitrogens with two attached hydrogens (primary N) is 1. The van der Waals surface area contributed by atoms with Crippen LogP contribution in [0.15, 0.2) is 0 Å². The maximum absolute atomic E-state index is 5.98. The summed E-state index contributed by atoms with van der Waals surface area (Å²) in [5.74, 6) is 0. The first kappa shape index (κ1) is 11.4. The number of likely N-dealkylation sites (tertiary alicyclic amines) is 1. The molecule has 0 bridgehead atoms. The first-order valence-corrected chi connectivity index (χ1v) is 6.82. The number of hydrogen-bond acceptors (Lipinski definition) is 2. The lowest BCUT2D eigenvalue weighted by atomic mass is 9.87. The van der Waals surface area contributed by atoms with E-state index in [-0.39, 0.29) is 0 Å². The smallest absolute Gasteiger partial charge is 0.00993 e. The Morgan fingerprint density at radius 1 is 1.07 bits per heavy atom. The van der Waals surface area contributed by atoms with Crippen molar-refractivity contribution in [3.8, 4) is 0 Å². The molecule has 1 heterocycles. The summed E-state index contributed by atoms with van der Waals surface area (Å²) in [6.45, 7) is 3.69. The van der Waals surface area contributed by atoms with Gasteiger partial charge >= 0.3 is 0 Å². The maximum atomic E-state index is 5.98. The van der Waals surface area contributed by atoms with Gasteiger partial charge in [0.15, 0.2) is 0 Å². The molecule has 88 valence electrons. The highest BCUT2D eigenvalue weighted by Gasteiger charge is 2.29. The molecule has 2 aliphatic rings. The minimum absolute atomic E-state index is 0.492. The van der Waals surface area contributed by atoms with Crippen LogP contribution in [0.5, 0.6) is 0 Å². The molecule has 0 radical (unpaired) electrons. The van der Waals surface area contributed by atoms with Gasteiger partial charge in [0.05, 0.1) is 0 Å². The van der Waals surface area contributed by atoms with Crippen LogP contribution >= 0.6 is 0 Å². The van der Waals surface area contributed by atoms with Gasteiger partial charge in [0, 0.05) is 18.1 Å². The Bertz CT molecular complexity index is 185. The third-order valence-electron chi connectivity index (χ3n) is 4.35. The molecular formula is C13H26N2. The average Bonchev–Trinajstić information content (AvgIpc) is 2.30. The second kappa shape index (κ2) is 5.31. The van der Waals surface area contributed by atoms with Crippen LogP contribution in [-0.2, 0) is 0 Å². The van der Waals surface area contributed by atoms with Gasteiger partial charge in [0.25, 0.3) is 0 Å². The van der Waals surface area contributed by atoms with E-state index in [0.717, 1.165) is 12.1 Å². The molecule has 2 heteroatoms. The molecule has 0 aromatic carbocycles. The lowest BCUT2D eigenvalue weighted by molar-refractivity contribution is 0.0674. The van der Waals surface area contributed by atoms with E-state index in [2.05, 4.69) is 11.8 Å². The Kier molecular flexibility index (Phi) is 4.04. The fourth-order valence-electron chi connectivity index (χ4n) is 3.38. The number of hydrogen-bond donors (Lipinski definition) is 1. The first-order chi connectivity index (χ1) is 7.31. The van der Waals surface area contributed by atoms with Crippen LogP contribution in [0.1, 0.15) is 58.3 Å². The third kappa shape index (κ3) is 2.73. The van der Waals surface area contributed by atoms with E-state index in [1.807, 2.05) is 0 Å². The third-order valence-corrected chi connectivity index (χ3v) is 4.35. The van der Waals surface area contributed by atoms with E-state index in [0.29, 0.717) is 6.04 Å². The van der Waals surface area contributed by atoms with Crippen molar-refractivity contribution in [3.63, 3.8) is 0 Å². The summed E-state index contributed by atoms with van der Waals surface area (Å²) in [7, 11) is 0. The average molecular weight is 210 g/mol. The fourth-order valence-corrected chi connectivity index (χ4v) is 3.38. The SMILES string of the molecule is CCC1CCCCN1C1CCC(N)CC1. The van der Waals surface area contributed by atoms with Gasteiger partial charge in [0.2, 0.25) is 0 Å². The van der Waals surface area contributed by atoms with E-state index in [4.69, 9.17) is 5.73 Å². The van der Waals surface area contributed by atoms with E-state index < -0.39 is 0 Å². The van der Waals surface area contributed by atoms with Crippen LogP contribution in [0.4, 0.5) is 0 Å². The van der Waals surface area contributed by atoms with Crippen molar-refractivity contribution >= 4 is 0 Å². The van der Waals surface area contributed by atoms with Crippen molar-refractivity contribution in [3.05, 3.63) is 0 Å². The molecule has 1 saturated carbocycles. The van der Waals surface area contributed by atoms with Crippen molar-refractivity contribution in [2.45, 2.75) is 76.4 Å². The molecule has 0 amide bonds. The van der Waals surface area contributed by atoms with Crippen molar-refractivity contribution in [2.24, 2.45) is 5.73 Å². The van der Waals surface area contributed by atoms with E-state index in [9.17, 15) is 0 Å². The minimum atomic E-state index is 0.492. The molecule has 2 N–H and O–H groups in total. The summed E-state index contributed by atoms with van der Waals surface area (Å²) in [6, 6.07) is 2.22. The lowest BCUT2D eigenvalue weighted by Gasteiger charge is -2.43. The maximum Gasteiger partial charge on any atom is 0.00993 e. The van der Waals surface area contributed by atoms with Crippen LogP contribution in [0.25, 0.3) is 0 Å². The predicted octanol–water partition coefficient (Wildman–Crippen LogP) is 2.52. The van der Waals surface area contributed by atoms with Crippen molar-refractivity contribution in [1.29, 1.82) is 0 Å². The largest absolute Gasteiger partial charge is 0.328 e. The summed E-state index contributed by atoms with van der Waals surface area (Å²) in [6.07, 6.45) is 10.8. The summed E-state index contributed by atoms with van der Waals surface area (Å²) in [4.78, 5) is 2.80. The number of rotatable bonds is 2. The lowest BCUT2D eigenvalue weighted by Crippen LogP contribution is -2.48. The molecule has 0 spiro atoms. The highest BCUT2D eigenvalue weighted by atomic mass is 15.2. The quantitative estimate of drug-likeness (QED) is 0.759. The molecule has 1 saturated heterocycles. The molecule has 1 aliphatic heterocycles. The van der Waals surface area contributed by atoms with Gasteiger partial charge in [0.1, 0.15) is 0 Å². The fraction of sp³-hybridized carbons (Fsp3) is 1.00. The van der Waals surface area contributed by atoms with Crippen molar-refractivity contribution < 1.29 is 0 Å². The molecule has 1 aliphatic carbocycles. The first-order valence-electron chi connectivity index (χ1n) is 6.82. The molecule has 15 heavy (non-hydrogen) atoms. The monoisotopic (exact) mass is 210 g/mol. The van der Waals surface area contributed by atoms with Gasteiger partial charge in [-0.05, 0) is 51.5 Å². The molecule has 0 aromatic heterocycles. The summed E-state index contributed by atoms with van der Waals surface area (Å²) < 4.78 is 0. The highest BCUT2D eigenvalue weighted by molar-refractivity contribution is 4.86. The molecule has 2 nitrogen and oxygen atoms in total. The minimum Gasteiger partial charge on any atom is -0.328 e. The van der Waals surface area contributed by atoms with Gasteiger partial charge < -0.3 is 5.73 Å². The van der Waals surface area contributed by atoms with Gasteiger partial charge in [-0.3, -0.25) is 4.90 Å². The zero-order valence-electron chi connectivity index (χ0n) is 10.1. The van der Waals surface area contributed by atoms with Crippen LogP contribution in [0.2, 0.25) is 0 Å². The van der Waals surface area contributed by atoms with E-state index in [1.54, 1.807) is 0 Å². The molecule has 1 atom stereocenters. The standard InChI is InChI=1S/C13H26N2/c1-2-12-5-3-4-10-15(12)13-8-6-11(14)7-9-13/h11-13H,2-10,14H2,1H3. The van der Waals surface area contributed by atoms with Gasteiger partial charge in [-0.1, -0.05) is 13.3 Å². The summed E-state index contributed by atoms with van der Waals surface area (Å²) >= 11 is 0. The molecule has 1 unspecified atom stereocenters. The van der Waals surface area contributed by atoms with Crippen molar-refractivity contribution in [1.82, 2.24) is 4.90 Å². The highest BCUT2D eigenvalue weighted by Crippen LogP contribution is 2.29. The van der Waals surface area contributed by atoms with E-state index >= 15 is 0 Å². The second-order valence-corrected chi connectivity index (χ2v) is 5.36. The second-order valence-electron chi connectivity index (χ2n) is 5.36. The van der Waals surface area contributed by atoms with E-state index in [1.165, 1.54) is 57.9 Å². The zero-order chi connectivity index (χ0) is 10.7. The van der Waals surface area contributed by atoms with Crippen LogP contribution in [0, 0.1) is 0 Å². The Morgan fingerprint density at radius 2 is 1.80 bits per heavy atom. The Morgan fingerprint density at radius 3 is 2.47 bits per heavy atom.